The van der Waals surface area contributed by atoms with Crippen LogP contribution < -0.4 is 21.3 Å². The Morgan fingerprint density at radius 2 is 0.908 bits per heavy atom. The topological polar surface area (TPSA) is 245 Å². The van der Waals surface area contributed by atoms with Crippen LogP contribution in [-0.4, -0.2) is 136 Å². The van der Waals surface area contributed by atoms with E-state index < -0.39 is 17.9 Å². The van der Waals surface area contributed by atoms with Crippen molar-refractivity contribution < 1.29 is 62.7 Å². The normalized spacial score (nSPS) is 12.3. The summed E-state index contributed by atoms with van der Waals surface area (Å²) in [6.07, 6.45) is 18.2. The Hall–Kier alpha value is -3.51. The van der Waals surface area contributed by atoms with Gasteiger partial charge >= 0.3 is 11.9 Å². The number of rotatable bonds is 48. The number of aliphatic carboxylic acids is 2. The van der Waals surface area contributed by atoms with Crippen LogP contribution in [0.5, 0.6) is 0 Å². The van der Waals surface area contributed by atoms with Crippen LogP contribution in [-0.2, 0) is 52.5 Å². The summed E-state index contributed by atoms with van der Waals surface area (Å²) in [7, 11) is 0. The van der Waals surface area contributed by atoms with Gasteiger partial charge in [0, 0.05) is 57.3 Å². The maximum Gasteiger partial charge on any atom is 0.306 e. The van der Waals surface area contributed by atoms with E-state index in [4.69, 9.17) is 24.1 Å². The van der Waals surface area contributed by atoms with Crippen molar-refractivity contribution in [3.63, 3.8) is 0 Å². The number of carbonyl (C=O) groups excluding carboxylic acids is 5. The van der Waals surface area contributed by atoms with E-state index in [1.54, 1.807) is 0 Å². The predicted molar refractivity (Wildman–Crippen MR) is 250 cm³/mol. The molecule has 0 aliphatic heterocycles. The molecule has 0 aliphatic rings. The summed E-state index contributed by atoms with van der Waals surface area (Å²) in [5.41, 5.74) is 0. The van der Waals surface area contributed by atoms with Gasteiger partial charge in [0.05, 0.1) is 51.6 Å². The number of ketones is 2. The van der Waals surface area contributed by atoms with Gasteiger partial charge in [0.25, 0.3) is 0 Å². The molecule has 0 aromatic heterocycles. The van der Waals surface area contributed by atoms with Gasteiger partial charge in [-0.15, -0.1) is 0 Å². The van der Waals surface area contributed by atoms with Gasteiger partial charge < -0.3 is 50.4 Å². The van der Waals surface area contributed by atoms with Gasteiger partial charge in [-0.25, -0.2) is 0 Å². The molecular weight excluding hydrogens is 841 g/mol. The van der Waals surface area contributed by atoms with Crippen molar-refractivity contribution in [2.75, 3.05) is 72.5 Å². The zero-order valence-electron chi connectivity index (χ0n) is 40.5. The zero-order chi connectivity index (χ0) is 48.3. The summed E-state index contributed by atoms with van der Waals surface area (Å²) in [5, 5.41) is 29.8. The van der Waals surface area contributed by atoms with Crippen LogP contribution in [0.25, 0.3) is 0 Å². The first-order valence-electron chi connectivity index (χ1n) is 24.6. The monoisotopic (exact) mass is 929 g/mol. The van der Waals surface area contributed by atoms with E-state index in [2.05, 4.69) is 21.3 Å². The molecule has 0 aromatic carbocycles. The quantitative estimate of drug-likeness (QED) is 0.0388. The number of carboxylic acid groups (broad SMARTS) is 2. The van der Waals surface area contributed by atoms with Crippen LogP contribution in [0.2, 0.25) is 0 Å². The third-order valence-corrected chi connectivity index (χ3v) is 10.7. The standard InChI is InChI=1S/C48H88N4O13/c1-38(2)47(59)42(52-39(3)4)22-19-20-26-49-44(55)36-64-33-32-63-30-28-51-45(56)37-65-34-31-62-29-27-50-43(54)25-24-40(48(60)61)35-41(53)21-17-15-13-11-9-7-5-6-8-10-12-14-16-18-23-46(57)58/h38-40,42,52H,5-37H2,1-4H3,(H,49,55)(H,50,54)(H,51,56)(H,57,58)(H,60,61). The number of nitrogens with one attached hydrogen (secondary N) is 4. The fourth-order valence-electron chi connectivity index (χ4n) is 7.01. The second-order valence-corrected chi connectivity index (χ2v) is 17.5. The first kappa shape index (κ1) is 61.5. The third kappa shape index (κ3) is 41.6. The van der Waals surface area contributed by atoms with Crippen LogP contribution in [0.4, 0.5) is 0 Å². The zero-order valence-corrected chi connectivity index (χ0v) is 40.5. The van der Waals surface area contributed by atoms with E-state index in [1.807, 2.05) is 27.7 Å². The summed E-state index contributed by atoms with van der Waals surface area (Å²) in [6, 6.07) is 0.0532. The van der Waals surface area contributed by atoms with Crippen molar-refractivity contribution in [3.8, 4) is 0 Å². The molecule has 0 radical (unpaired) electrons. The fourth-order valence-corrected chi connectivity index (χ4v) is 7.01. The van der Waals surface area contributed by atoms with E-state index in [0.29, 0.717) is 13.0 Å². The molecule has 0 saturated heterocycles. The van der Waals surface area contributed by atoms with Crippen molar-refractivity contribution in [2.45, 2.75) is 181 Å². The van der Waals surface area contributed by atoms with E-state index in [9.17, 15) is 38.7 Å². The first-order chi connectivity index (χ1) is 31.2. The van der Waals surface area contributed by atoms with Gasteiger partial charge in [-0.2, -0.15) is 0 Å². The van der Waals surface area contributed by atoms with Crippen LogP contribution in [0.15, 0.2) is 0 Å². The Morgan fingerprint density at radius 3 is 1.37 bits per heavy atom. The van der Waals surface area contributed by atoms with Crippen LogP contribution in [0.1, 0.15) is 169 Å². The van der Waals surface area contributed by atoms with Crippen molar-refractivity contribution >= 4 is 41.2 Å². The number of hydrogen-bond acceptors (Lipinski definition) is 12. The van der Waals surface area contributed by atoms with Gasteiger partial charge in [0.1, 0.15) is 19.0 Å². The molecule has 0 spiro atoms. The highest BCUT2D eigenvalue weighted by atomic mass is 16.5. The molecule has 17 nitrogen and oxygen atoms in total. The smallest absolute Gasteiger partial charge is 0.306 e. The van der Waals surface area contributed by atoms with Crippen molar-refractivity contribution in [2.24, 2.45) is 11.8 Å². The molecule has 65 heavy (non-hydrogen) atoms. The molecule has 0 aromatic rings. The van der Waals surface area contributed by atoms with Gasteiger partial charge in [0.2, 0.25) is 17.7 Å². The molecule has 0 rings (SSSR count). The van der Waals surface area contributed by atoms with Crippen LogP contribution >= 0.6 is 0 Å². The molecule has 0 bridgehead atoms. The van der Waals surface area contributed by atoms with Gasteiger partial charge in [-0.05, 0) is 38.5 Å². The van der Waals surface area contributed by atoms with E-state index >= 15 is 0 Å². The molecular formula is C48H88N4O13. The highest BCUT2D eigenvalue weighted by molar-refractivity contribution is 5.86. The highest BCUT2D eigenvalue weighted by Gasteiger charge is 2.23. The van der Waals surface area contributed by atoms with Crippen LogP contribution in [0.3, 0.4) is 0 Å². The lowest BCUT2D eigenvalue weighted by atomic mass is 9.94. The number of carboxylic acids is 2. The lowest BCUT2D eigenvalue weighted by Crippen LogP contribution is -2.42. The van der Waals surface area contributed by atoms with Crippen molar-refractivity contribution in [1.82, 2.24) is 21.3 Å². The summed E-state index contributed by atoms with van der Waals surface area (Å²) in [6.45, 7) is 10.0. The maximum atomic E-state index is 12.5. The van der Waals surface area contributed by atoms with E-state index in [0.717, 1.165) is 64.2 Å². The minimum absolute atomic E-state index is 0.00178. The van der Waals surface area contributed by atoms with Gasteiger partial charge in [-0.3, -0.25) is 33.6 Å². The minimum Gasteiger partial charge on any atom is -0.481 e. The molecule has 0 heterocycles. The number of hydrogen-bond donors (Lipinski definition) is 6. The number of unbranched alkanes of at least 4 members (excludes halogenated alkanes) is 14. The molecule has 0 fully saturated rings. The highest BCUT2D eigenvalue weighted by Crippen LogP contribution is 2.17. The van der Waals surface area contributed by atoms with Crippen molar-refractivity contribution in [1.29, 1.82) is 0 Å². The lowest BCUT2D eigenvalue weighted by molar-refractivity contribution is -0.144. The minimum atomic E-state index is -1.07. The average Bonchev–Trinajstić information content (AvgIpc) is 3.25. The van der Waals surface area contributed by atoms with E-state index in [-0.39, 0.29) is 139 Å². The molecule has 2 unspecified atom stereocenters. The molecule has 0 aliphatic carbocycles. The van der Waals surface area contributed by atoms with E-state index in [1.165, 1.54) is 44.9 Å². The Balaban J connectivity index is 3.70. The Morgan fingerprint density at radius 1 is 0.462 bits per heavy atom. The summed E-state index contributed by atoms with van der Waals surface area (Å²) in [4.78, 5) is 83.3. The molecule has 378 valence electrons. The molecule has 6 N–H and O–H groups in total. The summed E-state index contributed by atoms with van der Waals surface area (Å²) >= 11 is 0. The Kier molecular flexibility index (Phi) is 40.8. The molecule has 3 amide bonds. The lowest BCUT2D eigenvalue weighted by Gasteiger charge is -2.22. The number of amides is 3. The number of ether oxygens (including phenoxy) is 4. The Bertz CT molecular complexity index is 1280. The van der Waals surface area contributed by atoms with Gasteiger partial charge in [-0.1, -0.05) is 105 Å². The number of Topliss-reactive ketones (excluding diaryl/α,β-unsaturated/α-hetero) is 2. The average molecular weight is 929 g/mol. The fraction of sp³-hybridized carbons (Fsp3) is 0.854. The maximum absolute atomic E-state index is 12.5. The number of carbonyl (C=O) groups is 7. The largest absolute Gasteiger partial charge is 0.481 e. The summed E-state index contributed by atoms with van der Waals surface area (Å²) in [5.74, 6) is -3.41. The van der Waals surface area contributed by atoms with Gasteiger partial charge in [0.15, 0.2) is 5.78 Å². The van der Waals surface area contributed by atoms with Crippen LogP contribution in [0, 0.1) is 11.8 Å². The second-order valence-electron chi connectivity index (χ2n) is 17.5. The molecule has 0 saturated carbocycles. The SMILES string of the molecule is CC(C)NC(CCCCNC(=O)COCCOCCNC(=O)COCCOCCNC(=O)CCC(CC(=O)CCCCCCCCCCCCCCCCC(=O)O)C(=O)O)C(=O)C(C)C. The third-order valence-electron chi connectivity index (χ3n) is 10.7. The first-order valence-corrected chi connectivity index (χ1v) is 24.6. The second kappa shape index (κ2) is 43.1. The molecule has 2 atom stereocenters. The summed E-state index contributed by atoms with van der Waals surface area (Å²) < 4.78 is 21.5. The predicted octanol–water partition coefficient (Wildman–Crippen LogP) is 5.93. The van der Waals surface area contributed by atoms with Crippen molar-refractivity contribution in [3.05, 3.63) is 0 Å². The Labute approximate surface area is 389 Å². The molecule has 17 heteroatoms.